The first-order chi connectivity index (χ1) is 9.15. The molecule has 3 N–H and O–H groups in total. The molecule has 0 amide bonds. The van der Waals surface area contributed by atoms with E-state index in [2.05, 4.69) is 15.3 Å². The largest absolute Gasteiger partial charge is 0.481 e. The molecule has 106 valence electrons. The molecule has 0 spiro atoms. The molecule has 0 unspecified atom stereocenters. The van der Waals surface area contributed by atoms with E-state index in [-0.39, 0.29) is 5.54 Å². The minimum atomic E-state index is -0.155. The van der Waals surface area contributed by atoms with Gasteiger partial charge in [-0.2, -0.15) is 9.97 Å². The van der Waals surface area contributed by atoms with Gasteiger partial charge < -0.3 is 20.5 Å². The van der Waals surface area contributed by atoms with Crippen molar-refractivity contribution in [3.63, 3.8) is 0 Å². The lowest BCUT2D eigenvalue weighted by Crippen LogP contribution is -2.47. The molecular weight excluding hydrogens is 244 g/mol. The van der Waals surface area contributed by atoms with Gasteiger partial charge in [-0.15, -0.1) is 0 Å². The van der Waals surface area contributed by atoms with Gasteiger partial charge in [0.1, 0.15) is 0 Å². The maximum atomic E-state index is 6.37. The van der Waals surface area contributed by atoms with Gasteiger partial charge in [0.25, 0.3) is 0 Å². The molecule has 1 heterocycles. The van der Waals surface area contributed by atoms with Crippen molar-refractivity contribution < 1.29 is 9.47 Å². The summed E-state index contributed by atoms with van der Waals surface area (Å²) in [5, 5.41) is 3.20. The van der Waals surface area contributed by atoms with Crippen LogP contribution >= 0.6 is 0 Å². The van der Waals surface area contributed by atoms with Gasteiger partial charge >= 0.3 is 0 Å². The Kier molecular flexibility index (Phi) is 4.42. The number of anilines is 1. The van der Waals surface area contributed by atoms with Crippen molar-refractivity contribution in [2.75, 3.05) is 26.1 Å². The molecule has 1 aromatic heterocycles. The van der Waals surface area contributed by atoms with Gasteiger partial charge in [0, 0.05) is 12.1 Å². The fourth-order valence-electron chi connectivity index (χ4n) is 2.38. The average Bonchev–Trinajstić information content (AvgIpc) is 2.45. The third kappa shape index (κ3) is 3.70. The van der Waals surface area contributed by atoms with Crippen molar-refractivity contribution in [3.8, 4) is 11.8 Å². The summed E-state index contributed by atoms with van der Waals surface area (Å²) in [5.74, 6) is 1.44. The molecule has 19 heavy (non-hydrogen) atoms. The molecule has 1 aliphatic rings. The van der Waals surface area contributed by atoms with E-state index in [4.69, 9.17) is 15.2 Å². The number of aromatic nitrogens is 2. The van der Waals surface area contributed by atoms with Gasteiger partial charge in [-0.05, 0) is 12.8 Å². The number of hydrogen-bond donors (Lipinski definition) is 2. The fraction of sp³-hybridized carbons (Fsp3) is 0.692. The Balaban J connectivity index is 2.02. The highest BCUT2D eigenvalue weighted by Crippen LogP contribution is 2.26. The van der Waals surface area contributed by atoms with E-state index in [1.165, 1.54) is 19.3 Å². The van der Waals surface area contributed by atoms with E-state index in [1.54, 1.807) is 20.3 Å². The van der Waals surface area contributed by atoms with Crippen LogP contribution in [0.25, 0.3) is 0 Å². The van der Waals surface area contributed by atoms with Crippen LogP contribution in [0, 0.1) is 0 Å². The van der Waals surface area contributed by atoms with Crippen molar-refractivity contribution in [2.45, 2.75) is 37.6 Å². The van der Waals surface area contributed by atoms with Crippen LogP contribution in [0.4, 0.5) is 5.95 Å². The van der Waals surface area contributed by atoms with E-state index < -0.39 is 0 Å². The number of methoxy groups -OCH3 is 2. The third-order valence-electron chi connectivity index (χ3n) is 3.55. The van der Waals surface area contributed by atoms with Crippen LogP contribution in [0.5, 0.6) is 11.8 Å². The summed E-state index contributed by atoms with van der Waals surface area (Å²) in [5.41, 5.74) is 6.21. The predicted molar refractivity (Wildman–Crippen MR) is 73.6 cm³/mol. The maximum absolute atomic E-state index is 6.37. The third-order valence-corrected chi connectivity index (χ3v) is 3.55. The Labute approximate surface area is 113 Å². The second-order valence-electron chi connectivity index (χ2n) is 5.05. The number of nitrogens with zero attached hydrogens (tertiary/aromatic N) is 2. The summed E-state index contributed by atoms with van der Waals surface area (Å²) in [4.78, 5) is 8.47. The lowest BCUT2D eigenvalue weighted by molar-refractivity contribution is 0.310. The molecule has 0 saturated heterocycles. The van der Waals surface area contributed by atoms with Crippen molar-refractivity contribution in [1.29, 1.82) is 0 Å². The zero-order chi connectivity index (χ0) is 13.7. The molecule has 1 fully saturated rings. The van der Waals surface area contributed by atoms with Crippen molar-refractivity contribution in [1.82, 2.24) is 9.97 Å². The lowest BCUT2D eigenvalue weighted by atomic mass is 9.82. The highest BCUT2D eigenvalue weighted by molar-refractivity contribution is 5.34. The highest BCUT2D eigenvalue weighted by Gasteiger charge is 2.27. The molecule has 0 aliphatic heterocycles. The smallest absolute Gasteiger partial charge is 0.229 e. The molecule has 2 rings (SSSR count). The van der Waals surface area contributed by atoms with Crippen LogP contribution in [0.15, 0.2) is 6.07 Å². The summed E-state index contributed by atoms with van der Waals surface area (Å²) >= 11 is 0. The van der Waals surface area contributed by atoms with Crippen molar-refractivity contribution >= 4 is 5.95 Å². The Hall–Kier alpha value is -1.56. The molecular formula is C13H22N4O2. The van der Waals surface area contributed by atoms with Crippen molar-refractivity contribution in [3.05, 3.63) is 6.07 Å². The maximum Gasteiger partial charge on any atom is 0.229 e. The summed E-state index contributed by atoms with van der Waals surface area (Å²) < 4.78 is 10.2. The second kappa shape index (κ2) is 6.06. The van der Waals surface area contributed by atoms with Crippen LogP contribution in [0.2, 0.25) is 0 Å². The van der Waals surface area contributed by atoms with E-state index in [0.29, 0.717) is 24.3 Å². The minimum Gasteiger partial charge on any atom is -0.481 e. The number of hydrogen-bond acceptors (Lipinski definition) is 6. The Morgan fingerprint density at radius 3 is 2.26 bits per heavy atom. The zero-order valence-corrected chi connectivity index (χ0v) is 11.6. The topological polar surface area (TPSA) is 82.3 Å². The van der Waals surface area contributed by atoms with E-state index in [0.717, 1.165) is 12.8 Å². The fourth-order valence-corrected chi connectivity index (χ4v) is 2.38. The SMILES string of the molecule is COc1cc(OC)nc(NCC2(N)CCCCC2)n1. The van der Waals surface area contributed by atoms with Gasteiger partial charge in [0.15, 0.2) is 0 Å². The number of rotatable bonds is 5. The molecule has 1 saturated carbocycles. The van der Waals surface area contributed by atoms with Crippen molar-refractivity contribution in [2.24, 2.45) is 5.73 Å². The Morgan fingerprint density at radius 1 is 1.16 bits per heavy atom. The normalized spacial score (nSPS) is 17.8. The predicted octanol–water partition coefficient (Wildman–Crippen LogP) is 1.57. The van der Waals surface area contributed by atoms with Gasteiger partial charge in [-0.3, -0.25) is 0 Å². The first-order valence-corrected chi connectivity index (χ1v) is 6.65. The summed E-state index contributed by atoms with van der Waals surface area (Å²) in [6.07, 6.45) is 5.76. The standard InChI is InChI=1S/C13H22N4O2/c1-18-10-8-11(19-2)17-12(16-10)15-9-13(14)6-4-3-5-7-13/h8H,3-7,9,14H2,1-2H3,(H,15,16,17). The highest BCUT2D eigenvalue weighted by atomic mass is 16.5. The number of nitrogens with two attached hydrogens (primary N) is 1. The van der Waals surface area contributed by atoms with Gasteiger partial charge in [0.05, 0.1) is 20.3 Å². The molecule has 6 nitrogen and oxygen atoms in total. The van der Waals surface area contributed by atoms with Crippen LogP contribution in [0.3, 0.4) is 0 Å². The van der Waals surface area contributed by atoms with Gasteiger partial charge in [-0.25, -0.2) is 0 Å². The summed E-state index contributed by atoms with van der Waals surface area (Å²) in [7, 11) is 3.13. The molecule has 0 atom stereocenters. The van der Waals surface area contributed by atoms with Gasteiger partial charge in [-0.1, -0.05) is 19.3 Å². The van der Waals surface area contributed by atoms with Crippen LogP contribution < -0.4 is 20.5 Å². The van der Waals surface area contributed by atoms with Crippen LogP contribution in [-0.4, -0.2) is 36.3 Å². The first kappa shape index (κ1) is 13.9. The Bertz CT molecular complexity index is 397. The molecule has 0 aromatic carbocycles. The van der Waals surface area contributed by atoms with E-state index >= 15 is 0 Å². The first-order valence-electron chi connectivity index (χ1n) is 6.65. The zero-order valence-electron chi connectivity index (χ0n) is 11.6. The second-order valence-corrected chi connectivity index (χ2v) is 5.05. The van der Waals surface area contributed by atoms with E-state index in [1.807, 2.05) is 0 Å². The molecule has 0 bridgehead atoms. The monoisotopic (exact) mass is 266 g/mol. The molecule has 1 aliphatic carbocycles. The minimum absolute atomic E-state index is 0.155. The number of nitrogens with one attached hydrogen (secondary N) is 1. The average molecular weight is 266 g/mol. The summed E-state index contributed by atoms with van der Waals surface area (Å²) in [6, 6.07) is 1.64. The molecule has 1 aromatic rings. The Morgan fingerprint density at radius 2 is 1.74 bits per heavy atom. The van der Waals surface area contributed by atoms with Crippen LogP contribution in [0.1, 0.15) is 32.1 Å². The van der Waals surface area contributed by atoms with Crippen LogP contribution in [-0.2, 0) is 0 Å². The van der Waals surface area contributed by atoms with Gasteiger partial charge in [0.2, 0.25) is 17.7 Å². The number of ether oxygens (including phenoxy) is 2. The summed E-state index contributed by atoms with van der Waals surface area (Å²) in [6.45, 7) is 0.670. The lowest BCUT2D eigenvalue weighted by Gasteiger charge is -2.33. The molecule has 6 heteroatoms. The molecule has 0 radical (unpaired) electrons. The van der Waals surface area contributed by atoms with E-state index in [9.17, 15) is 0 Å². The quantitative estimate of drug-likeness (QED) is 0.841.